The Hall–Kier alpha value is -3.40. The summed E-state index contributed by atoms with van der Waals surface area (Å²) in [4.78, 5) is 29.1. The second-order valence-corrected chi connectivity index (χ2v) is 9.37. The van der Waals surface area contributed by atoms with Crippen LogP contribution in [0.5, 0.6) is 0 Å². The van der Waals surface area contributed by atoms with Crippen LogP contribution in [0.2, 0.25) is 0 Å². The summed E-state index contributed by atoms with van der Waals surface area (Å²) in [5, 5.41) is 3.15. The molecule has 5 rings (SSSR count). The summed E-state index contributed by atoms with van der Waals surface area (Å²) in [6.07, 6.45) is 3.05. The van der Waals surface area contributed by atoms with Gasteiger partial charge in [0.05, 0.1) is 35.1 Å². The number of para-hydroxylation sites is 3. The summed E-state index contributed by atoms with van der Waals surface area (Å²) in [5.74, 6) is -0.386. The van der Waals surface area contributed by atoms with Crippen LogP contribution >= 0.6 is 0 Å². The van der Waals surface area contributed by atoms with Gasteiger partial charge in [0, 0.05) is 12.6 Å². The van der Waals surface area contributed by atoms with Gasteiger partial charge in [0.15, 0.2) is 0 Å². The summed E-state index contributed by atoms with van der Waals surface area (Å²) >= 11 is 0. The Bertz CT molecular complexity index is 1330. The third-order valence-corrected chi connectivity index (χ3v) is 7.40. The fourth-order valence-electron chi connectivity index (χ4n) is 3.87. The van der Waals surface area contributed by atoms with Gasteiger partial charge < -0.3 is 5.32 Å². The van der Waals surface area contributed by atoms with Gasteiger partial charge in [-0.2, -0.15) is 8.42 Å². The predicted octanol–water partition coefficient (Wildman–Crippen LogP) is 1.25. The topological polar surface area (TPSA) is 105 Å². The van der Waals surface area contributed by atoms with Gasteiger partial charge in [0.1, 0.15) is 6.54 Å². The van der Waals surface area contributed by atoms with Gasteiger partial charge in [-0.05, 0) is 37.1 Å². The van der Waals surface area contributed by atoms with E-state index in [4.69, 9.17) is 0 Å². The molecule has 0 bridgehead atoms. The van der Waals surface area contributed by atoms with Crippen molar-refractivity contribution in [2.75, 3.05) is 21.7 Å². The SMILES string of the molecule is O=C(Cn1cnc2ccccc2c1=O)NCCN1c2ccccc2N(C2CC2)S1(=O)=O. The molecule has 2 aliphatic rings. The zero-order valence-electron chi connectivity index (χ0n) is 16.6. The summed E-state index contributed by atoms with van der Waals surface area (Å²) in [6, 6.07) is 14.2. The molecule has 1 saturated carbocycles. The zero-order chi connectivity index (χ0) is 21.6. The second-order valence-electron chi connectivity index (χ2n) is 7.64. The number of rotatable bonds is 6. The molecule has 3 aromatic rings. The lowest BCUT2D eigenvalue weighted by Gasteiger charge is -2.21. The number of benzene rings is 2. The van der Waals surface area contributed by atoms with Gasteiger partial charge in [-0.1, -0.05) is 24.3 Å². The van der Waals surface area contributed by atoms with Crippen molar-refractivity contribution < 1.29 is 13.2 Å². The lowest BCUT2D eigenvalue weighted by atomic mass is 10.2. The Morgan fingerprint density at radius 3 is 2.55 bits per heavy atom. The number of amides is 1. The standard InChI is InChI=1S/C21H21N5O4S/c27-20(13-24-14-23-17-6-2-1-5-16(17)21(24)28)22-11-12-25-18-7-3-4-8-19(18)26(15-9-10-15)31(25,29)30/h1-8,14-15H,9-13H2,(H,22,27). The van der Waals surface area contributed by atoms with Crippen LogP contribution in [-0.4, -0.2) is 43.0 Å². The van der Waals surface area contributed by atoms with E-state index >= 15 is 0 Å². The largest absolute Gasteiger partial charge is 0.353 e. The van der Waals surface area contributed by atoms with E-state index in [0.29, 0.717) is 22.3 Å². The highest BCUT2D eigenvalue weighted by atomic mass is 32.2. The van der Waals surface area contributed by atoms with E-state index in [-0.39, 0.29) is 37.1 Å². The monoisotopic (exact) mass is 439 g/mol. The molecule has 0 atom stereocenters. The Morgan fingerprint density at radius 2 is 1.77 bits per heavy atom. The quantitative estimate of drug-likeness (QED) is 0.622. The summed E-state index contributed by atoms with van der Waals surface area (Å²) in [5.41, 5.74) is 1.59. The average molecular weight is 439 g/mol. The smallest absolute Gasteiger partial charge is 0.326 e. The fraction of sp³-hybridized carbons (Fsp3) is 0.286. The molecular formula is C21H21N5O4S. The van der Waals surface area contributed by atoms with Crippen molar-refractivity contribution >= 4 is 38.4 Å². The van der Waals surface area contributed by atoms with Gasteiger partial charge in [-0.15, -0.1) is 0 Å². The van der Waals surface area contributed by atoms with Crippen LogP contribution in [0.25, 0.3) is 10.9 Å². The van der Waals surface area contributed by atoms with Crippen molar-refractivity contribution in [3.63, 3.8) is 0 Å². The number of fused-ring (bicyclic) bond motifs is 2. The van der Waals surface area contributed by atoms with Crippen molar-refractivity contribution in [2.24, 2.45) is 0 Å². The highest BCUT2D eigenvalue weighted by Gasteiger charge is 2.47. The number of carbonyl (C=O) groups is 1. The van der Waals surface area contributed by atoms with Gasteiger partial charge in [-0.3, -0.25) is 14.2 Å². The molecule has 160 valence electrons. The lowest BCUT2D eigenvalue weighted by molar-refractivity contribution is -0.121. The number of aromatic nitrogens is 2. The van der Waals surface area contributed by atoms with Crippen LogP contribution in [0.1, 0.15) is 12.8 Å². The molecule has 1 aliphatic carbocycles. The molecule has 1 fully saturated rings. The Balaban J connectivity index is 1.27. The first kappa shape index (κ1) is 19.6. The number of anilines is 2. The van der Waals surface area contributed by atoms with E-state index in [0.717, 1.165) is 12.8 Å². The van der Waals surface area contributed by atoms with E-state index in [2.05, 4.69) is 10.3 Å². The third kappa shape index (κ3) is 3.42. The molecule has 9 nitrogen and oxygen atoms in total. The first-order chi connectivity index (χ1) is 15.0. The highest BCUT2D eigenvalue weighted by molar-refractivity contribution is 7.94. The molecular weight excluding hydrogens is 418 g/mol. The van der Waals surface area contributed by atoms with Crippen LogP contribution in [0.4, 0.5) is 11.4 Å². The minimum Gasteiger partial charge on any atom is -0.353 e. The second kappa shape index (κ2) is 7.38. The van der Waals surface area contributed by atoms with E-state index < -0.39 is 10.2 Å². The number of hydrogen-bond donors (Lipinski definition) is 1. The summed E-state index contributed by atoms with van der Waals surface area (Å²) < 4.78 is 30.2. The molecule has 0 spiro atoms. The maximum atomic E-state index is 13.1. The van der Waals surface area contributed by atoms with Crippen molar-refractivity contribution in [3.05, 3.63) is 65.2 Å². The number of nitrogens with zero attached hydrogens (tertiary/aromatic N) is 4. The van der Waals surface area contributed by atoms with E-state index in [1.165, 1.54) is 19.5 Å². The normalized spacial score (nSPS) is 17.0. The molecule has 0 saturated heterocycles. The molecule has 1 aliphatic heterocycles. The van der Waals surface area contributed by atoms with E-state index in [9.17, 15) is 18.0 Å². The van der Waals surface area contributed by atoms with Crippen LogP contribution in [0.3, 0.4) is 0 Å². The van der Waals surface area contributed by atoms with Gasteiger partial charge in [-0.25, -0.2) is 13.6 Å². The minimum absolute atomic E-state index is 0.0121. The maximum Gasteiger partial charge on any atom is 0.326 e. The van der Waals surface area contributed by atoms with Crippen LogP contribution in [-0.2, 0) is 21.5 Å². The molecule has 1 N–H and O–H groups in total. The molecule has 31 heavy (non-hydrogen) atoms. The molecule has 0 radical (unpaired) electrons. The van der Waals surface area contributed by atoms with Crippen LogP contribution in [0.15, 0.2) is 59.7 Å². The Labute approximate surface area is 179 Å². The van der Waals surface area contributed by atoms with Crippen LogP contribution in [0, 0.1) is 0 Å². The Morgan fingerprint density at radius 1 is 1.06 bits per heavy atom. The molecule has 1 aromatic heterocycles. The molecule has 10 heteroatoms. The average Bonchev–Trinajstić information content (AvgIpc) is 3.55. The van der Waals surface area contributed by atoms with Crippen molar-refractivity contribution in [1.82, 2.24) is 14.9 Å². The Kier molecular flexibility index (Phi) is 4.66. The molecule has 2 heterocycles. The summed E-state index contributed by atoms with van der Waals surface area (Å²) in [7, 11) is -3.66. The number of carbonyl (C=O) groups excluding carboxylic acids is 1. The summed E-state index contributed by atoms with van der Waals surface area (Å²) in [6.45, 7) is 0.0496. The van der Waals surface area contributed by atoms with Crippen molar-refractivity contribution in [3.8, 4) is 0 Å². The lowest BCUT2D eigenvalue weighted by Crippen LogP contribution is -2.43. The van der Waals surface area contributed by atoms with E-state index in [1.807, 2.05) is 12.1 Å². The first-order valence-electron chi connectivity index (χ1n) is 10.1. The zero-order valence-corrected chi connectivity index (χ0v) is 17.5. The number of hydrogen-bond acceptors (Lipinski definition) is 5. The van der Waals surface area contributed by atoms with Gasteiger partial charge >= 0.3 is 10.2 Å². The first-order valence-corrected chi connectivity index (χ1v) is 11.5. The third-order valence-electron chi connectivity index (χ3n) is 5.48. The maximum absolute atomic E-state index is 13.1. The van der Waals surface area contributed by atoms with Gasteiger partial charge in [0.2, 0.25) is 5.91 Å². The fourth-order valence-corrected chi connectivity index (χ4v) is 5.80. The predicted molar refractivity (Wildman–Crippen MR) is 117 cm³/mol. The van der Waals surface area contributed by atoms with Crippen molar-refractivity contribution in [2.45, 2.75) is 25.4 Å². The molecule has 2 aromatic carbocycles. The molecule has 1 amide bonds. The minimum atomic E-state index is -3.66. The van der Waals surface area contributed by atoms with Gasteiger partial charge in [0.25, 0.3) is 5.56 Å². The van der Waals surface area contributed by atoms with E-state index in [1.54, 1.807) is 36.4 Å². The van der Waals surface area contributed by atoms with Crippen LogP contribution < -0.4 is 19.5 Å². The molecule has 0 unspecified atom stereocenters. The highest BCUT2D eigenvalue weighted by Crippen LogP contribution is 2.46. The number of nitrogens with one attached hydrogen (secondary N) is 1. The van der Waals surface area contributed by atoms with Crippen molar-refractivity contribution in [1.29, 1.82) is 0 Å².